The summed E-state index contributed by atoms with van der Waals surface area (Å²) in [7, 11) is 0. The SMILES string of the molecule is O=C(N[C@H]1CCC[C@H]1C(=O)O)C1CCCN(C(=O)CCOc2ccccc2)C1. The first-order valence-electron chi connectivity index (χ1n) is 10.0. The second-order valence-electron chi connectivity index (χ2n) is 7.58. The number of nitrogens with one attached hydrogen (secondary N) is 1. The number of carboxylic acids is 1. The molecule has 3 rings (SSSR count). The fourth-order valence-electron chi connectivity index (χ4n) is 4.08. The molecular formula is C21H28N2O5. The van der Waals surface area contributed by atoms with E-state index in [1.807, 2.05) is 30.3 Å². The van der Waals surface area contributed by atoms with Crippen molar-refractivity contribution in [3.05, 3.63) is 30.3 Å². The molecule has 1 aromatic carbocycles. The van der Waals surface area contributed by atoms with Gasteiger partial charge in [-0.3, -0.25) is 14.4 Å². The van der Waals surface area contributed by atoms with Gasteiger partial charge in [0.25, 0.3) is 0 Å². The van der Waals surface area contributed by atoms with Crippen molar-refractivity contribution >= 4 is 17.8 Å². The molecule has 0 aromatic heterocycles. The van der Waals surface area contributed by atoms with E-state index >= 15 is 0 Å². The fraction of sp³-hybridized carbons (Fsp3) is 0.571. The van der Waals surface area contributed by atoms with Crippen LogP contribution >= 0.6 is 0 Å². The number of benzene rings is 1. The van der Waals surface area contributed by atoms with Gasteiger partial charge in [0.15, 0.2) is 0 Å². The average molecular weight is 388 g/mol. The minimum Gasteiger partial charge on any atom is -0.493 e. The lowest BCUT2D eigenvalue weighted by Crippen LogP contribution is -2.49. The molecule has 1 heterocycles. The number of hydrogen-bond acceptors (Lipinski definition) is 4. The summed E-state index contributed by atoms with van der Waals surface area (Å²) in [5.41, 5.74) is 0. The first-order valence-corrected chi connectivity index (χ1v) is 10.0. The van der Waals surface area contributed by atoms with Crippen LogP contribution in [0.2, 0.25) is 0 Å². The molecule has 7 nitrogen and oxygen atoms in total. The highest BCUT2D eigenvalue weighted by Gasteiger charge is 2.36. The molecule has 1 saturated carbocycles. The van der Waals surface area contributed by atoms with Crippen molar-refractivity contribution in [3.63, 3.8) is 0 Å². The van der Waals surface area contributed by atoms with Crippen molar-refractivity contribution < 1.29 is 24.2 Å². The van der Waals surface area contributed by atoms with Crippen LogP contribution < -0.4 is 10.1 Å². The summed E-state index contributed by atoms with van der Waals surface area (Å²) in [6, 6.07) is 9.06. The van der Waals surface area contributed by atoms with Crippen LogP contribution in [0.4, 0.5) is 0 Å². The zero-order valence-electron chi connectivity index (χ0n) is 16.0. The number of piperidine rings is 1. The van der Waals surface area contributed by atoms with Crippen LogP contribution in [0.5, 0.6) is 5.75 Å². The number of carbonyl (C=O) groups excluding carboxylic acids is 2. The molecule has 7 heteroatoms. The molecule has 152 valence electrons. The van der Waals surface area contributed by atoms with E-state index in [4.69, 9.17) is 4.74 Å². The van der Waals surface area contributed by atoms with Crippen LogP contribution in [-0.2, 0) is 14.4 Å². The zero-order valence-corrected chi connectivity index (χ0v) is 16.0. The topological polar surface area (TPSA) is 95.9 Å². The van der Waals surface area contributed by atoms with E-state index in [0.717, 1.165) is 25.0 Å². The summed E-state index contributed by atoms with van der Waals surface area (Å²) < 4.78 is 5.58. The standard InChI is InChI=1S/C21H28N2O5/c24-19(11-13-28-16-7-2-1-3-8-16)23-12-5-6-15(14-23)20(25)22-18-10-4-9-17(18)21(26)27/h1-3,7-8,15,17-18H,4-6,9-14H2,(H,22,25)(H,26,27)/t15?,17-,18+/m1/s1. The second-order valence-corrected chi connectivity index (χ2v) is 7.58. The molecular weight excluding hydrogens is 360 g/mol. The van der Waals surface area contributed by atoms with Crippen molar-refractivity contribution in [1.29, 1.82) is 0 Å². The van der Waals surface area contributed by atoms with Crippen LogP contribution in [0, 0.1) is 11.8 Å². The molecule has 2 fully saturated rings. The van der Waals surface area contributed by atoms with Gasteiger partial charge in [0, 0.05) is 19.1 Å². The van der Waals surface area contributed by atoms with Crippen LogP contribution in [0.15, 0.2) is 30.3 Å². The molecule has 1 saturated heterocycles. The third kappa shape index (κ3) is 5.24. The molecule has 0 radical (unpaired) electrons. The molecule has 0 bridgehead atoms. The number of rotatable bonds is 7. The fourth-order valence-corrected chi connectivity index (χ4v) is 4.08. The number of carboxylic acid groups (broad SMARTS) is 1. The molecule has 1 unspecified atom stereocenters. The Morgan fingerprint density at radius 1 is 1.11 bits per heavy atom. The van der Waals surface area contributed by atoms with E-state index in [0.29, 0.717) is 32.5 Å². The van der Waals surface area contributed by atoms with Crippen LogP contribution in [0.25, 0.3) is 0 Å². The van der Waals surface area contributed by atoms with Crippen LogP contribution in [0.1, 0.15) is 38.5 Å². The smallest absolute Gasteiger partial charge is 0.308 e. The summed E-state index contributed by atoms with van der Waals surface area (Å²) in [4.78, 5) is 38.1. The van der Waals surface area contributed by atoms with Crippen molar-refractivity contribution in [2.75, 3.05) is 19.7 Å². The number of likely N-dealkylation sites (tertiary alicyclic amines) is 1. The lowest BCUT2D eigenvalue weighted by Gasteiger charge is -2.33. The molecule has 0 spiro atoms. The van der Waals surface area contributed by atoms with Crippen LogP contribution in [-0.4, -0.2) is 53.5 Å². The van der Waals surface area contributed by atoms with E-state index in [2.05, 4.69) is 5.32 Å². The number of para-hydroxylation sites is 1. The Morgan fingerprint density at radius 2 is 1.89 bits per heavy atom. The Labute approximate surface area is 165 Å². The summed E-state index contributed by atoms with van der Waals surface area (Å²) >= 11 is 0. The summed E-state index contributed by atoms with van der Waals surface area (Å²) in [5, 5.41) is 12.2. The van der Waals surface area contributed by atoms with Crippen molar-refractivity contribution in [2.24, 2.45) is 11.8 Å². The number of amides is 2. The quantitative estimate of drug-likeness (QED) is 0.745. The maximum Gasteiger partial charge on any atom is 0.308 e. The third-order valence-electron chi connectivity index (χ3n) is 5.63. The lowest BCUT2D eigenvalue weighted by atomic mass is 9.95. The van der Waals surface area contributed by atoms with E-state index in [9.17, 15) is 19.5 Å². The molecule has 1 aliphatic carbocycles. The van der Waals surface area contributed by atoms with Gasteiger partial charge in [-0.1, -0.05) is 24.6 Å². The van der Waals surface area contributed by atoms with Gasteiger partial charge < -0.3 is 20.1 Å². The molecule has 28 heavy (non-hydrogen) atoms. The van der Waals surface area contributed by atoms with E-state index in [1.54, 1.807) is 4.90 Å². The van der Waals surface area contributed by atoms with Crippen molar-refractivity contribution in [1.82, 2.24) is 10.2 Å². The number of carbonyl (C=O) groups is 3. The summed E-state index contributed by atoms with van der Waals surface area (Å²) in [6.45, 7) is 1.34. The Hall–Kier alpha value is -2.57. The van der Waals surface area contributed by atoms with Gasteiger partial charge in [-0.15, -0.1) is 0 Å². The zero-order chi connectivity index (χ0) is 19.9. The van der Waals surface area contributed by atoms with Gasteiger partial charge >= 0.3 is 5.97 Å². The predicted octanol–water partition coefficient (Wildman–Crippen LogP) is 2.06. The monoisotopic (exact) mass is 388 g/mol. The molecule has 3 atom stereocenters. The Bertz CT molecular complexity index is 693. The molecule has 1 aliphatic heterocycles. The minimum absolute atomic E-state index is 0.0160. The first-order chi connectivity index (χ1) is 13.5. The third-order valence-corrected chi connectivity index (χ3v) is 5.63. The number of aliphatic carboxylic acids is 1. The normalized spacial score (nSPS) is 24.6. The van der Waals surface area contributed by atoms with Gasteiger partial charge in [-0.2, -0.15) is 0 Å². The van der Waals surface area contributed by atoms with Crippen LogP contribution in [0.3, 0.4) is 0 Å². The Morgan fingerprint density at radius 3 is 2.64 bits per heavy atom. The highest BCUT2D eigenvalue weighted by atomic mass is 16.5. The number of hydrogen-bond donors (Lipinski definition) is 2. The summed E-state index contributed by atoms with van der Waals surface area (Å²) in [6.07, 6.45) is 3.90. The average Bonchev–Trinajstić information content (AvgIpc) is 3.17. The highest BCUT2D eigenvalue weighted by molar-refractivity contribution is 5.82. The van der Waals surface area contributed by atoms with Gasteiger partial charge in [0.2, 0.25) is 11.8 Å². The van der Waals surface area contributed by atoms with E-state index < -0.39 is 11.9 Å². The highest BCUT2D eigenvalue weighted by Crippen LogP contribution is 2.27. The van der Waals surface area contributed by atoms with Gasteiger partial charge in [0.05, 0.1) is 24.9 Å². The summed E-state index contributed by atoms with van der Waals surface area (Å²) in [5.74, 6) is -1.03. The van der Waals surface area contributed by atoms with E-state index in [1.165, 1.54) is 0 Å². The van der Waals surface area contributed by atoms with Gasteiger partial charge in [-0.25, -0.2) is 0 Å². The molecule has 1 aromatic rings. The van der Waals surface area contributed by atoms with Gasteiger partial charge in [0.1, 0.15) is 5.75 Å². The molecule has 2 aliphatic rings. The largest absolute Gasteiger partial charge is 0.493 e. The Balaban J connectivity index is 1.45. The first kappa shape index (κ1) is 20.2. The second kappa shape index (κ2) is 9.57. The Kier molecular flexibility index (Phi) is 6.90. The lowest BCUT2D eigenvalue weighted by molar-refractivity contribution is -0.142. The van der Waals surface area contributed by atoms with Crippen molar-refractivity contribution in [3.8, 4) is 5.75 Å². The minimum atomic E-state index is -0.846. The molecule has 2 N–H and O–H groups in total. The maximum atomic E-state index is 12.6. The van der Waals surface area contributed by atoms with Crippen molar-refractivity contribution in [2.45, 2.75) is 44.6 Å². The molecule has 2 amide bonds. The number of ether oxygens (including phenoxy) is 1. The van der Waals surface area contributed by atoms with E-state index in [-0.39, 0.29) is 30.2 Å². The van der Waals surface area contributed by atoms with Gasteiger partial charge in [-0.05, 0) is 37.8 Å². The maximum absolute atomic E-state index is 12.6. The number of nitrogens with zero attached hydrogens (tertiary/aromatic N) is 1. The predicted molar refractivity (Wildman–Crippen MR) is 103 cm³/mol.